The van der Waals surface area contributed by atoms with Gasteiger partial charge in [0.15, 0.2) is 9.84 Å². The van der Waals surface area contributed by atoms with Gasteiger partial charge in [0, 0.05) is 21.2 Å². The predicted molar refractivity (Wildman–Crippen MR) is 86.4 cm³/mol. The summed E-state index contributed by atoms with van der Waals surface area (Å²) in [5.74, 6) is 0. The van der Waals surface area contributed by atoms with E-state index in [1.165, 1.54) is 6.26 Å². The molecule has 2 aromatic carbocycles. The summed E-state index contributed by atoms with van der Waals surface area (Å²) in [6.07, 6.45) is 1.19. The molecule has 0 aliphatic heterocycles. The Hall–Kier alpha value is -1.28. The summed E-state index contributed by atoms with van der Waals surface area (Å²) >= 11 is 2.19. The molecule has 0 bridgehead atoms. The first kappa shape index (κ1) is 14.1. The van der Waals surface area contributed by atoms with Crippen molar-refractivity contribution in [2.75, 3.05) is 17.3 Å². The average Bonchev–Trinajstić information content (AvgIpc) is 2.32. The third-order valence-electron chi connectivity index (χ3n) is 2.55. The number of rotatable bonds is 3. The van der Waals surface area contributed by atoms with Gasteiger partial charge in [-0.1, -0.05) is 0 Å². The fourth-order valence-corrected chi connectivity index (χ4v) is 2.88. The van der Waals surface area contributed by atoms with Crippen LogP contribution in [-0.4, -0.2) is 14.7 Å². The van der Waals surface area contributed by atoms with E-state index in [-0.39, 0.29) is 0 Å². The van der Waals surface area contributed by atoms with Crippen LogP contribution >= 0.6 is 22.6 Å². The third-order valence-corrected chi connectivity index (χ3v) is 4.58. The number of nitrogens with one attached hydrogen (secondary N) is 1. The van der Waals surface area contributed by atoms with E-state index in [4.69, 9.17) is 5.73 Å². The Bertz CT molecular complexity index is 697. The lowest BCUT2D eigenvalue weighted by molar-refractivity contribution is 0.602. The molecule has 0 fully saturated rings. The van der Waals surface area contributed by atoms with Gasteiger partial charge in [-0.15, -0.1) is 0 Å². The molecule has 0 radical (unpaired) electrons. The lowest BCUT2D eigenvalue weighted by Crippen LogP contribution is -1.98. The highest BCUT2D eigenvalue weighted by molar-refractivity contribution is 14.1. The highest BCUT2D eigenvalue weighted by Gasteiger charge is 2.06. The van der Waals surface area contributed by atoms with Gasteiger partial charge < -0.3 is 11.1 Å². The van der Waals surface area contributed by atoms with E-state index < -0.39 is 9.84 Å². The molecule has 0 saturated carbocycles. The Morgan fingerprint density at radius 3 is 2.26 bits per heavy atom. The molecule has 19 heavy (non-hydrogen) atoms. The molecule has 4 nitrogen and oxygen atoms in total. The average molecular weight is 388 g/mol. The quantitative estimate of drug-likeness (QED) is 0.627. The van der Waals surface area contributed by atoms with Crippen molar-refractivity contribution in [2.24, 2.45) is 0 Å². The number of anilines is 3. The van der Waals surface area contributed by atoms with E-state index in [1.54, 1.807) is 24.3 Å². The molecule has 0 heterocycles. The highest BCUT2D eigenvalue weighted by atomic mass is 127. The van der Waals surface area contributed by atoms with Crippen LogP contribution < -0.4 is 11.1 Å². The zero-order chi connectivity index (χ0) is 14.0. The maximum atomic E-state index is 11.4. The molecule has 3 N–H and O–H groups in total. The van der Waals surface area contributed by atoms with Gasteiger partial charge in [-0.3, -0.25) is 0 Å². The minimum absolute atomic E-state index is 0.310. The second kappa shape index (κ2) is 5.38. The molecule has 0 amide bonds. The molecule has 0 aromatic heterocycles. The molecule has 6 heteroatoms. The summed E-state index contributed by atoms with van der Waals surface area (Å²) in [4.78, 5) is 0.310. The number of nitrogen functional groups attached to an aromatic ring is 1. The summed E-state index contributed by atoms with van der Waals surface area (Å²) < 4.78 is 23.7. The molecule has 0 spiro atoms. The van der Waals surface area contributed by atoms with E-state index in [2.05, 4.69) is 27.9 Å². The summed E-state index contributed by atoms with van der Waals surface area (Å²) in [5.41, 5.74) is 8.16. The van der Waals surface area contributed by atoms with Crippen molar-refractivity contribution >= 4 is 49.5 Å². The van der Waals surface area contributed by atoms with Gasteiger partial charge in [0.1, 0.15) is 0 Å². The summed E-state index contributed by atoms with van der Waals surface area (Å²) in [5, 5.41) is 3.22. The standard InChI is InChI=1S/C13H13IN2O2S/c1-19(17,18)11-5-3-10(4-6-11)16-13-7-2-9(15)8-12(13)14/h2-8,16H,15H2,1H3. The Morgan fingerprint density at radius 1 is 1.11 bits per heavy atom. The topological polar surface area (TPSA) is 72.2 Å². The van der Waals surface area contributed by atoms with Crippen molar-refractivity contribution < 1.29 is 8.42 Å². The number of halogens is 1. The first-order valence-corrected chi connectivity index (χ1v) is 8.45. The van der Waals surface area contributed by atoms with E-state index >= 15 is 0 Å². The minimum Gasteiger partial charge on any atom is -0.399 e. The summed E-state index contributed by atoms with van der Waals surface area (Å²) in [6.45, 7) is 0. The first-order valence-electron chi connectivity index (χ1n) is 5.48. The smallest absolute Gasteiger partial charge is 0.175 e. The zero-order valence-corrected chi connectivity index (χ0v) is 13.2. The molecular formula is C13H13IN2O2S. The second-order valence-electron chi connectivity index (χ2n) is 4.16. The SMILES string of the molecule is CS(=O)(=O)c1ccc(Nc2ccc(N)cc2I)cc1. The molecule has 0 aliphatic rings. The highest BCUT2D eigenvalue weighted by Crippen LogP contribution is 2.25. The van der Waals surface area contributed by atoms with Crippen LogP contribution in [0, 0.1) is 3.57 Å². The van der Waals surface area contributed by atoms with E-state index in [0.717, 1.165) is 14.9 Å². The fraction of sp³-hybridized carbons (Fsp3) is 0.0769. The van der Waals surface area contributed by atoms with Crippen LogP contribution in [0.25, 0.3) is 0 Å². The van der Waals surface area contributed by atoms with Crippen molar-refractivity contribution in [1.82, 2.24) is 0 Å². The van der Waals surface area contributed by atoms with Crippen molar-refractivity contribution in [3.8, 4) is 0 Å². The fourth-order valence-electron chi connectivity index (χ4n) is 1.57. The maximum Gasteiger partial charge on any atom is 0.175 e. The van der Waals surface area contributed by atoms with Crippen LogP contribution in [-0.2, 0) is 9.84 Å². The largest absolute Gasteiger partial charge is 0.399 e. The van der Waals surface area contributed by atoms with E-state index in [0.29, 0.717) is 10.6 Å². The van der Waals surface area contributed by atoms with Gasteiger partial charge in [0.25, 0.3) is 0 Å². The molecular weight excluding hydrogens is 375 g/mol. The number of nitrogens with two attached hydrogens (primary N) is 1. The van der Waals surface area contributed by atoms with Crippen LogP contribution in [0.4, 0.5) is 17.1 Å². The van der Waals surface area contributed by atoms with Gasteiger partial charge in [-0.25, -0.2) is 8.42 Å². The van der Waals surface area contributed by atoms with Crippen LogP contribution in [0.15, 0.2) is 47.4 Å². The molecule has 100 valence electrons. The summed E-state index contributed by atoms with van der Waals surface area (Å²) in [7, 11) is -3.15. The minimum atomic E-state index is -3.15. The molecule has 0 saturated heterocycles. The van der Waals surface area contributed by atoms with Crippen LogP contribution in [0.3, 0.4) is 0 Å². The number of sulfone groups is 1. The second-order valence-corrected chi connectivity index (χ2v) is 7.34. The third kappa shape index (κ3) is 3.60. The first-order chi connectivity index (χ1) is 8.86. The number of hydrogen-bond acceptors (Lipinski definition) is 4. The molecule has 0 aliphatic carbocycles. The Balaban J connectivity index is 2.25. The summed E-state index contributed by atoms with van der Waals surface area (Å²) in [6, 6.07) is 12.2. The Labute approximate surface area is 126 Å². The molecule has 2 aromatic rings. The van der Waals surface area contributed by atoms with Gasteiger partial charge in [-0.05, 0) is 65.1 Å². The lowest BCUT2D eigenvalue weighted by Gasteiger charge is -2.09. The monoisotopic (exact) mass is 388 g/mol. The van der Waals surface area contributed by atoms with E-state index in [9.17, 15) is 8.42 Å². The van der Waals surface area contributed by atoms with Crippen molar-refractivity contribution in [1.29, 1.82) is 0 Å². The van der Waals surface area contributed by atoms with Crippen LogP contribution in [0.2, 0.25) is 0 Å². The van der Waals surface area contributed by atoms with Gasteiger partial charge in [0.2, 0.25) is 0 Å². The van der Waals surface area contributed by atoms with Gasteiger partial charge in [-0.2, -0.15) is 0 Å². The Kier molecular flexibility index (Phi) is 4.00. The molecule has 2 rings (SSSR count). The normalized spacial score (nSPS) is 11.3. The Morgan fingerprint density at radius 2 is 1.74 bits per heavy atom. The predicted octanol–water partition coefficient (Wildman–Crippen LogP) is 3.02. The van der Waals surface area contributed by atoms with Gasteiger partial charge >= 0.3 is 0 Å². The van der Waals surface area contributed by atoms with E-state index in [1.807, 2.05) is 18.2 Å². The molecule has 0 unspecified atom stereocenters. The number of hydrogen-bond donors (Lipinski definition) is 2. The van der Waals surface area contributed by atoms with Crippen LogP contribution in [0.5, 0.6) is 0 Å². The van der Waals surface area contributed by atoms with Crippen molar-refractivity contribution in [2.45, 2.75) is 4.90 Å². The molecule has 0 atom stereocenters. The van der Waals surface area contributed by atoms with Gasteiger partial charge in [0.05, 0.1) is 10.6 Å². The van der Waals surface area contributed by atoms with Crippen molar-refractivity contribution in [3.05, 3.63) is 46.0 Å². The van der Waals surface area contributed by atoms with Crippen molar-refractivity contribution in [3.63, 3.8) is 0 Å². The van der Waals surface area contributed by atoms with Crippen LogP contribution in [0.1, 0.15) is 0 Å². The number of benzene rings is 2. The zero-order valence-electron chi connectivity index (χ0n) is 10.2. The lowest BCUT2D eigenvalue weighted by atomic mass is 10.2. The maximum absolute atomic E-state index is 11.4.